The molecular weight excluding hydrogens is 376 g/mol. The number of nitrogens with zero attached hydrogens (tertiary/aromatic N) is 3. The van der Waals surface area contributed by atoms with Crippen molar-refractivity contribution in [2.24, 2.45) is 0 Å². The second-order valence-electron chi connectivity index (χ2n) is 6.41. The lowest BCUT2D eigenvalue weighted by molar-refractivity contribution is 0.0947. The number of halogens is 1. The van der Waals surface area contributed by atoms with E-state index in [2.05, 4.69) is 19.9 Å². The maximum Gasteiger partial charge on any atom is 0.252 e. The van der Waals surface area contributed by atoms with Gasteiger partial charge in [-0.05, 0) is 38.0 Å². The van der Waals surface area contributed by atoms with E-state index in [0.29, 0.717) is 29.1 Å². The van der Waals surface area contributed by atoms with Crippen molar-refractivity contribution < 1.29 is 9.59 Å². The summed E-state index contributed by atoms with van der Waals surface area (Å²) in [5, 5.41) is 3.32. The number of amides is 1. The molecule has 0 saturated heterocycles. The predicted molar refractivity (Wildman–Crippen MR) is 109 cm³/mol. The van der Waals surface area contributed by atoms with Crippen molar-refractivity contribution in [3.05, 3.63) is 70.9 Å². The third-order valence-electron chi connectivity index (χ3n) is 4.54. The molecule has 0 aliphatic rings. The topological polar surface area (TPSA) is 76.9 Å². The number of aldehydes is 1. The fourth-order valence-corrected chi connectivity index (χ4v) is 3.09. The Morgan fingerprint density at radius 3 is 2.75 bits per heavy atom. The Bertz CT molecular complexity index is 967. The minimum Gasteiger partial charge on any atom is -0.352 e. The van der Waals surface area contributed by atoms with Crippen LogP contribution >= 0.6 is 11.6 Å². The molecule has 0 radical (unpaired) electrons. The highest BCUT2D eigenvalue weighted by Gasteiger charge is 2.11. The molecule has 2 heterocycles. The molecule has 144 valence electrons. The number of aryl methyl sites for hydroxylation is 1. The molecule has 6 nitrogen and oxygen atoms in total. The standard InChI is InChI=1S/C21H21ClN4O2/c1-15-20(16-8-9-19(22)24-12-16)25-14-26(15)11-5-4-10-23-21(28)18-7-3-2-6-17(18)13-27/h2-3,6-9,12-14H,4-5,10-11H2,1H3,(H,23,28). The second-order valence-corrected chi connectivity index (χ2v) is 6.80. The fraction of sp³-hybridized carbons (Fsp3) is 0.238. The van der Waals surface area contributed by atoms with Crippen molar-refractivity contribution in [2.75, 3.05) is 6.54 Å². The maximum absolute atomic E-state index is 12.2. The molecule has 3 aromatic rings. The third-order valence-corrected chi connectivity index (χ3v) is 4.77. The molecule has 28 heavy (non-hydrogen) atoms. The first-order valence-corrected chi connectivity index (χ1v) is 9.44. The van der Waals surface area contributed by atoms with Crippen LogP contribution in [-0.2, 0) is 6.54 Å². The molecule has 1 aromatic carbocycles. The van der Waals surface area contributed by atoms with Crippen LogP contribution in [0, 0.1) is 6.92 Å². The van der Waals surface area contributed by atoms with Gasteiger partial charge in [-0.2, -0.15) is 0 Å². The summed E-state index contributed by atoms with van der Waals surface area (Å²) in [6.45, 7) is 3.38. The molecule has 3 rings (SSSR count). The number of imidazole rings is 1. The van der Waals surface area contributed by atoms with Crippen LogP contribution in [0.25, 0.3) is 11.3 Å². The van der Waals surface area contributed by atoms with E-state index < -0.39 is 0 Å². The quantitative estimate of drug-likeness (QED) is 0.355. The SMILES string of the molecule is Cc1c(-c2ccc(Cl)nc2)ncn1CCCCNC(=O)c1ccccc1C=O. The third kappa shape index (κ3) is 4.64. The summed E-state index contributed by atoms with van der Waals surface area (Å²) in [6, 6.07) is 10.4. The number of nitrogens with one attached hydrogen (secondary N) is 1. The van der Waals surface area contributed by atoms with Gasteiger partial charge in [0, 0.05) is 41.7 Å². The van der Waals surface area contributed by atoms with E-state index in [1.807, 2.05) is 19.3 Å². The summed E-state index contributed by atoms with van der Waals surface area (Å²) in [7, 11) is 0. The largest absolute Gasteiger partial charge is 0.352 e. The summed E-state index contributed by atoms with van der Waals surface area (Å²) in [5.74, 6) is -0.223. The van der Waals surface area contributed by atoms with Crippen LogP contribution in [0.3, 0.4) is 0 Å². The van der Waals surface area contributed by atoms with Gasteiger partial charge < -0.3 is 9.88 Å². The Morgan fingerprint density at radius 2 is 2.00 bits per heavy atom. The van der Waals surface area contributed by atoms with Gasteiger partial charge in [0.1, 0.15) is 5.15 Å². The molecule has 0 aliphatic carbocycles. The number of pyridine rings is 1. The zero-order chi connectivity index (χ0) is 19.9. The molecule has 0 spiro atoms. The molecule has 0 unspecified atom stereocenters. The number of hydrogen-bond donors (Lipinski definition) is 1. The van der Waals surface area contributed by atoms with Crippen molar-refractivity contribution in [2.45, 2.75) is 26.3 Å². The first-order valence-electron chi connectivity index (χ1n) is 9.06. The second kappa shape index (κ2) is 9.28. The molecule has 0 saturated carbocycles. The first kappa shape index (κ1) is 19.8. The maximum atomic E-state index is 12.2. The van der Waals surface area contributed by atoms with E-state index >= 15 is 0 Å². The summed E-state index contributed by atoms with van der Waals surface area (Å²) in [6.07, 6.45) is 5.95. The number of carbonyl (C=O) groups is 2. The Balaban J connectivity index is 1.49. The van der Waals surface area contributed by atoms with E-state index in [0.717, 1.165) is 36.3 Å². The van der Waals surface area contributed by atoms with Gasteiger partial charge in [0.15, 0.2) is 6.29 Å². The van der Waals surface area contributed by atoms with E-state index in [-0.39, 0.29) is 5.91 Å². The van der Waals surface area contributed by atoms with Gasteiger partial charge in [0.05, 0.1) is 12.0 Å². The van der Waals surface area contributed by atoms with Crippen molar-refractivity contribution in [3.63, 3.8) is 0 Å². The smallest absolute Gasteiger partial charge is 0.252 e. The molecule has 0 fully saturated rings. The zero-order valence-corrected chi connectivity index (χ0v) is 16.3. The van der Waals surface area contributed by atoms with Gasteiger partial charge in [-0.25, -0.2) is 9.97 Å². The Labute approximate surface area is 168 Å². The number of hydrogen-bond acceptors (Lipinski definition) is 4. The van der Waals surface area contributed by atoms with Crippen molar-refractivity contribution in [3.8, 4) is 11.3 Å². The highest BCUT2D eigenvalue weighted by Crippen LogP contribution is 2.22. The van der Waals surface area contributed by atoms with Gasteiger partial charge in [0.25, 0.3) is 5.91 Å². The summed E-state index contributed by atoms with van der Waals surface area (Å²) in [5.41, 5.74) is 3.69. The van der Waals surface area contributed by atoms with Crippen LogP contribution in [0.5, 0.6) is 0 Å². The number of unbranched alkanes of at least 4 members (excludes halogenated alkanes) is 1. The number of carbonyl (C=O) groups excluding carboxylic acids is 2. The molecule has 0 aliphatic heterocycles. The molecule has 0 bridgehead atoms. The van der Waals surface area contributed by atoms with Gasteiger partial charge >= 0.3 is 0 Å². The van der Waals surface area contributed by atoms with Gasteiger partial charge in [-0.15, -0.1) is 0 Å². The van der Waals surface area contributed by atoms with E-state index in [1.54, 1.807) is 36.5 Å². The monoisotopic (exact) mass is 396 g/mol. The van der Waals surface area contributed by atoms with Crippen LogP contribution in [0.2, 0.25) is 5.15 Å². The lowest BCUT2D eigenvalue weighted by Gasteiger charge is -2.08. The normalized spacial score (nSPS) is 10.6. The van der Waals surface area contributed by atoms with Crippen molar-refractivity contribution in [1.82, 2.24) is 19.9 Å². The van der Waals surface area contributed by atoms with E-state index in [4.69, 9.17) is 11.6 Å². The number of benzene rings is 1. The molecular formula is C21H21ClN4O2. The highest BCUT2D eigenvalue weighted by molar-refractivity contribution is 6.29. The Hall–Kier alpha value is -2.99. The van der Waals surface area contributed by atoms with Crippen LogP contribution in [0.1, 0.15) is 39.3 Å². The molecule has 1 N–H and O–H groups in total. The molecule has 0 atom stereocenters. The number of aromatic nitrogens is 3. The van der Waals surface area contributed by atoms with Gasteiger partial charge in [0.2, 0.25) is 0 Å². The van der Waals surface area contributed by atoms with Crippen LogP contribution in [0.15, 0.2) is 48.9 Å². The summed E-state index contributed by atoms with van der Waals surface area (Å²) in [4.78, 5) is 31.8. The minimum absolute atomic E-state index is 0.223. The average Bonchev–Trinajstić information content (AvgIpc) is 3.08. The van der Waals surface area contributed by atoms with Gasteiger partial charge in [-0.1, -0.05) is 29.8 Å². The summed E-state index contributed by atoms with van der Waals surface area (Å²) < 4.78 is 2.09. The minimum atomic E-state index is -0.223. The van der Waals surface area contributed by atoms with E-state index in [9.17, 15) is 9.59 Å². The molecule has 1 amide bonds. The van der Waals surface area contributed by atoms with Gasteiger partial charge in [-0.3, -0.25) is 9.59 Å². The zero-order valence-electron chi connectivity index (χ0n) is 15.6. The molecule has 2 aromatic heterocycles. The van der Waals surface area contributed by atoms with Crippen LogP contribution in [0.4, 0.5) is 0 Å². The highest BCUT2D eigenvalue weighted by atomic mass is 35.5. The molecule has 7 heteroatoms. The Morgan fingerprint density at radius 1 is 1.18 bits per heavy atom. The van der Waals surface area contributed by atoms with Crippen LogP contribution < -0.4 is 5.32 Å². The lowest BCUT2D eigenvalue weighted by atomic mass is 10.1. The van der Waals surface area contributed by atoms with Crippen molar-refractivity contribution in [1.29, 1.82) is 0 Å². The number of rotatable bonds is 8. The van der Waals surface area contributed by atoms with Crippen LogP contribution in [-0.4, -0.2) is 33.3 Å². The predicted octanol–water partition coefficient (Wildman–Crippen LogP) is 3.93. The Kier molecular flexibility index (Phi) is 6.55. The fourth-order valence-electron chi connectivity index (χ4n) is 2.98. The van der Waals surface area contributed by atoms with Crippen molar-refractivity contribution >= 4 is 23.8 Å². The first-order chi connectivity index (χ1) is 13.6. The summed E-state index contributed by atoms with van der Waals surface area (Å²) >= 11 is 5.84. The van der Waals surface area contributed by atoms with E-state index in [1.165, 1.54) is 0 Å². The average molecular weight is 397 g/mol. The lowest BCUT2D eigenvalue weighted by Crippen LogP contribution is -2.25.